The highest BCUT2D eigenvalue weighted by Crippen LogP contribution is 2.16. The van der Waals surface area contributed by atoms with Crippen molar-refractivity contribution in [2.75, 3.05) is 39.3 Å². The van der Waals surface area contributed by atoms with Crippen LogP contribution in [-0.4, -0.2) is 72.9 Å². The Morgan fingerprint density at radius 1 is 1.15 bits per heavy atom. The van der Waals surface area contributed by atoms with Gasteiger partial charge in [-0.1, -0.05) is 6.92 Å². The maximum absolute atomic E-state index is 12.5. The molecule has 27 heavy (non-hydrogen) atoms. The molecule has 3 N–H and O–H groups in total. The molecule has 1 fully saturated rings. The molecule has 1 aromatic rings. The highest BCUT2D eigenvalue weighted by molar-refractivity contribution is 6.37. The number of alkyl halides is 3. The van der Waals surface area contributed by atoms with Crippen LogP contribution in [0.4, 0.5) is 18.9 Å². The Morgan fingerprint density at radius 2 is 1.74 bits per heavy atom. The monoisotopic (exact) mass is 385 g/mol. The molecule has 0 spiro atoms. The summed E-state index contributed by atoms with van der Waals surface area (Å²) in [7, 11) is 0. The molecule has 1 aromatic carbocycles. The van der Waals surface area contributed by atoms with E-state index < -0.39 is 24.5 Å². The fourth-order valence-electron chi connectivity index (χ4n) is 2.59. The molecule has 0 aliphatic carbocycles. The number of amidine groups is 1. The predicted molar refractivity (Wildman–Crippen MR) is 94.8 cm³/mol. The van der Waals surface area contributed by atoms with Gasteiger partial charge in [-0.05, 0) is 30.8 Å². The number of hydrogen-bond acceptors (Lipinski definition) is 4. The summed E-state index contributed by atoms with van der Waals surface area (Å²) in [6, 6.07) is 6.07. The molecule has 1 heterocycles. The van der Waals surface area contributed by atoms with Crippen LogP contribution < -0.4 is 11.1 Å². The van der Waals surface area contributed by atoms with E-state index >= 15 is 0 Å². The summed E-state index contributed by atoms with van der Waals surface area (Å²) in [4.78, 5) is 31.8. The Kier molecular flexibility index (Phi) is 6.78. The van der Waals surface area contributed by atoms with Crippen LogP contribution >= 0.6 is 0 Å². The second kappa shape index (κ2) is 8.85. The first-order valence-electron chi connectivity index (χ1n) is 8.50. The highest BCUT2D eigenvalue weighted by atomic mass is 19.4. The van der Waals surface area contributed by atoms with Gasteiger partial charge in [-0.2, -0.15) is 13.2 Å². The summed E-state index contributed by atoms with van der Waals surface area (Å²) < 4.78 is 36.3. The van der Waals surface area contributed by atoms with Gasteiger partial charge in [0.25, 0.3) is 11.8 Å². The molecule has 148 valence electrons. The molecular weight excluding hydrogens is 363 g/mol. The van der Waals surface area contributed by atoms with Crippen molar-refractivity contribution in [3.8, 4) is 0 Å². The minimum atomic E-state index is -4.53. The molecule has 7 nitrogen and oxygen atoms in total. The normalized spacial score (nSPS) is 16.3. The molecule has 0 atom stereocenters. The summed E-state index contributed by atoms with van der Waals surface area (Å²) in [6.45, 7) is 4.50. The van der Waals surface area contributed by atoms with Gasteiger partial charge in [-0.15, -0.1) is 0 Å². The number of carbonyl (C=O) groups is 2. The van der Waals surface area contributed by atoms with E-state index in [9.17, 15) is 22.8 Å². The number of benzene rings is 1. The van der Waals surface area contributed by atoms with Gasteiger partial charge in [0, 0.05) is 31.7 Å². The van der Waals surface area contributed by atoms with Crippen molar-refractivity contribution in [3.63, 3.8) is 0 Å². The fourth-order valence-corrected chi connectivity index (χ4v) is 2.59. The SMILES string of the molecule is CCN1CCN(C(=O)c2ccc(N=C(N)C(=O)NCC(F)(F)F)cc2)CC1. The molecule has 2 amide bonds. The van der Waals surface area contributed by atoms with E-state index in [2.05, 4.69) is 16.8 Å². The van der Waals surface area contributed by atoms with E-state index in [-0.39, 0.29) is 11.6 Å². The van der Waals surface area contributed by atoms with E-state index in [1.807, 2.05) is 0 Å². The summed E-state index contributed by atoms with van der Waals surface area (Å²) in [5, 5.41) is 1.64. The molecule has 1 saturated heterocycles. The summed E-state index contributed by atoms with van der Waals surface area (Å²) >= 11 is 0. The van der Waals surface area contributed by atoms with E-state index in [0.29, 0.717) is 18.7 Å². The third-order valence-corrected chi connectivity index (χ3v) is 4.15. The zero-order chi connectivity index (χ0) is 20.0. The van der Waals surface area contributed by atoms with Gasteiger partial charge in [0.1, 0.15) is 6.54 Å². The lowest BCUT2D eigenvalue weighted by atomic mass is 10.1. The molecule has 0 bridgehead atoms. The number of aliphatic imine (C=N–C) groups is 1. The van der Waals surface area contributed by atoms with Gasteiger partial charge < -0.3 is 20.9 Å². The van der Waals surface area contributed by atoms with Crippen LogP contribution in [0.1, 0.15) is 17.3 Å². The topological polar surface area (TPSA) is 91.0 Å². The average molecular weight is 385 g/mol. The average Bonchev–Trinajstić information content (AvgIpc) is 2.65. The van der Waals surface area contributed by atoms with Crippen LogP contribution in [0.5, 0.6) is 0 Å². The number of piperazine rings is 1. The third kappa shape index (κ3) is 6.24. The molecule has 0 radical (unpaired) electrons. The molecule has 0 saturated carbocycles. The first kappa shape index (κ1) is 20.7. The number of hydrogen-bond donors (Lipinski definition) is 2. The van der Waals surface area contributed by atoms with Crippen molar-refractivity contribution in [3.05, 3.63) is 29.8 Å². The molecule has 0 aromatic heterocycles. The number of rotatable bonds is 4. The van der Waals surface area contributed by atoms with Crippen molar-refractivity contribution >= 4 is 23.3 Å². The molecule has 0 unspecified atom stereocenters. The predicted octanol–water partition coefficient (Wildman–Crippen LogP) is 1.13. The Bertz CT molecular complexity index is 696. The highest BCUT2D eigenvalue weighted by Gasteiger charge is 2.28. The minimum Gasteiger partial charge on any atom is -0.379 e. The molecule has 1 aliphatic heterocycles. The maximum Gasteiger partial charge on any atom is 0.405 e. The van der Waals surface area contributed by atoms with Crippen LogP contribution in [-0.2, 0) is 4.79 Å². The summed E-state index contributed by atoms with van der Waals surface area (Å²) in [5.41, 5.74) is 6.15. The first-order valence-corrected chi connectivity index (χ1v) is 8.50. The Labute approximate surface area is 155 Å². The van der Waals surface area contributed by atoms with Crippen LogP contribution in [0.3, 0.4) is 0 Å². The van der Waals surface area contributed by atoms with E-state index in [1.165, 1.54) is 12.1 Å². The second-order valence-electron chi connectivity index (χ2n) is 6.07. The number of nitrogens with two attached hydrogens (primary N) is 1. The lowest BCUT2D eigenvalue weighted by molar-refractivity contribution is -0.134. The van der Waals surface area contributed by atoms with Crippen molar-refractivity contribution in [2.24, 2.45) is 10.7 Å². The van der Waals surface area contributed by atoms with Gasteiger partial charge in [-0.3, -0.25) is 9.59 Å². The van der Waals surface area contributed by atoms with Crippen LogP contribution in [0, 0.1) is 0 Å². The number of likely N-dealkylation sites (N-methyl/N-ethyl adjacent to an activating group) is 1. The standard InChI is InChI=1S/C17H22F3N5O2/c1-2-24-7-9-25(10-8-24)16(27)12-3-5-13(6-4-12)23-14(21)15(26)22-11-17(18,19)20/h3-6H,2,7-11H2,1H3,(H2,21,23)(H,22,26). The van der Waals surface area contributed by atoms with Crippen molar-refractivity contribution in [1.29, 1.82) is 0 Å². The molecule has 1 aliphatic rings. The Morgan fingerprint density at radius 3 is 2.26 bits per heavy atom. The zero-order valence-corrected chi connectivity index (χ0v) is 14.9. The quantitative estimate of drug-likeness (QED) is 0.601. The maximum atomic E-state index is 12.5. The van der Waals surface area contributed by atoms with Crippen molar-refractivity contribution < 1.29 is 22.8 Å². The molecule has 10 heteroatoms. The first-order chi connectivity index (χ1) is 12.7. The number of nitrogens with zero attached hydrogens (tertiary/aromatic N) is 3. The number of halogens is 3. The van der Waals surface area contributed by atoms with E-state index in [1.54, 1.807) is 22.3 Å². The van der Waals surface area contributed by atoms with Gasteiger partial charge in [0.2, 0.25) is 0 Å². The minimum absolute atomic E-state index is 0.0998. The fraction of sp³-hybridized carbons (Fsp3) is 0.471. The van der Waals surface area contributed by atoms with Gasteiger partial charge in [0.05, 0.1) is 5.69 Å². The van der Waals surface area contributed by atoms with Gasteiger partial charge in [-0.25, -0.2) is 4.99 Å². The summed E-state index contributed by atoms with van der Waals surface area (Å²) in [6.07, 6.45) is -4.53. The van der Waals surface area contributed by atoms with Crippen molar-refractivity contribution in [2.45, 2.75) is 13.1 Å². The van der Waals surface area contributed by atoms with E-state index in [0.717, 1.165) is 19.6 Å². The largest absolute Gasteiger partial charge is 0.405 e. The lowest BCUT2D eigenvalue weighted by Gasteiger charge is -2.34. The smallest absolute Gasteiger partial charge is 0.379 e. The summed E-state index contributed by atoms with van der Waals surface area (Å²) in [5.74, 6) is -1.80. The van der Waals surface area contributed by atoms with Gasteiger partial charge >= 0.3 is 6.18 Å². The molecular formula is C17H22F3N5O2. The van der Waals surface area contributed by atoms with Crippen LogP contribution in [0.25, 0.3) is 0 Å². The molecule has 2 rings (SSSR count). The Balaban J connectivity index is 1.96. The van der Waals surface area contributed by atoms with E-state index in [4.69, 9.17) is 5.73 Å². The zero-order valence-electron chi connectivity index (χ0n) is 14.9. The lowest BCUT2D eigenvalue weighted by Crippen LogP contribution is -2.48. The third-order valence-electron chi connectivity index (χ3n) is 4.15. The van der Waals surface area contributed by atoms with Crippen LogP contribution in [0.15, 0.2) is 29.3 Å². The number of amides is 2. The number of nitrogens with one attached hydrogen (secondary N) is 1. The Hall–Kier alpha value is -2.62. The van der Waals surface area contributed by atoms with Crippen LogP contribution in [0.2, 0.25) is 0 Å². The second-order valence-corrected chi connectivity index (χ2v) is 6.07. The number of carbonyl (C=O) groups excluding carboxylic acids is 2. The van der Waals surface area contributed by atoms with Gasteiger partial charge in [0.15, 0.2) is 5.84 Å². The van der Waals surface area contributed by atoms with Crippen molar-refractivity contribution in [1.82, 2.24) is 15.1 Å².